The molecule has 3 nitrogen and oxygen atoms in total. The maximum atomic E-state index is 4.57. The number of hydrogen-bond acceptors (Lipinski definition) is 4. The molecule has 2 rings (SSSR count). The predicted molar refractivity (Wildman–Crippen MR) is 93.2 cm³/mol. The van der Waals surface area contributed by atoms with Crippen molar-refractivity contribution >= 4 is 16.5 Å². The molecule has 1 aromatic heterocycles. The van der Waals surface area contributed by atoms with Crippen molar-refractivity contribution in [2.45, 2.75) is 71.9 Å². The van der Waals surface area contributed by atoms with Gasteiger partial charge in [0.25, 0.3) is 0 Å². The summed E-state index contributed by atoms with van der Waals surface area (Å²) in [5.74, 6) is 0.864. The standard InChI is InChI=1S/C17H31N3S/c1-4-20(5-2)17-19-13-16(21-17)12-18-14(3)15-10-8-6-7-9-11-15/h13-15,18H,4-12H2,1-3H3/t14-/m0/s1. The van der Waals surface area contributed by atoms with Crippen molar-refractivity contribution in [1.82, 2.24) is 10.3 Å². The van der Waals surface area contributed by atoms with Crippen molar-refractivity contribution in [2.24, 2.45) is 5.92 Å². The van der Waals surface area contributed by atoms with E-state index in [9.17, 15) is 0 Å². The molecule has 0 bridgehead atoms. The Bertz CT molecular complexity index is 392. The van der Waals surface area contributed by atoms with E-state index in [-0.39, 0.29) is 0 Å². The maximum absolute atomic E-state index is 4.57. The van der Waals surface area contributed by atoms with Crippen molar-refractivity contribution in [3.05, 3.63) is 11.1 Å². The average Bonchev–Trinajstić information content (AvgIpc) is 2.79. The highest BCUT2D eigenvalue weighted by Crippen LogP contribution is 2.26. The minimum Gasteiger partial charge on any atom is -0.349 e. The molecule has 1 N–H and O–H groups in total. The van der Waals surface area contributed by atoms with Crippen molar-refractivity contribution in [2.75, 3.05) is 18.0 Å². The topological polar surface area (TPSA) is 28.2 Å². The summed E-state index contributed by atoms with van der Waals surface area (Å²) >= 11 is 1.84. The average molecular weight is 310 g/mol. The quantitative estimate of drug-likeness (QED) is 0.755. The highest BCUT2D eigenvalue weighted by atomic mass is 32.1. The number of rotatable bonds is 7. The molecule has 0 aromatic carbocycles. The summed E-state index contributed by atoms with van der Waals surface area (Å²) in [5, 5.41) is 4.90. The van der Waals surface area contributed by atoms with Gasteiger partial charge in [-0.25, -0.2) is 4.98 Å². The molecule has 0 aliphatic heterocycles. The second-order valence-electron chi connectivity index (χ2n) is 6.20. The van der Waals surface area contributed by atoms with Gasteiger partial charge in [0.15, 0.2) is 5.13 Å². The van der Waals surface area contributed by atoms with E-state index in [0.29, 0.717) is 6.04 Å². The van der Waals surface area contributed by atoms with Gasteiger partial charge in [-0.1, -0.05) is 25.7 Å². The molecule has 0 spiro atoms. The van der Waals surface area contributed by atoms with E-state index in [1.54, 1.807) is 0 Å². The third kappa shape index (κ3) is 4.96. The number of hydrogen-bond donors (Lipinski definition) is 1. The summed E-state index contributed by atoms with van der Waals surface area (Å²) in [6.07, 6.45) is 10.6. The summed E-state index contributed by atoms with van der Waals surface area (Å²) in [7, 11) is 0. The van der Waals surface area contributed by atoms with Crippen molar-refractivity contribution in [3.8, 4) is 0 Å². The van der Waals surface area contributed by atoms with E-state index < -0.39 is 0 Å². The van der Waals surface area contributed by atoms with Gasteiger partial charge in [-0.2, -0.15) is 0 Å². The summed E-state index contributed by atoms with van der Waals surface area (Å²) in [4.78, 5) is 8.25. The number of anilines is 1. The third-order valence-electron chi connectivity index (χ3n) is 4.78. The molecule has 0 saturated heterocycles. The van der Waals surface area contributed by atoms with E-state index in [4.69, 9.17) is 0 Å². The van der Waals surface area contributed by atoms with Crippen LogP contribution in [-0.4, -0.2) is 24.1 Å². The van der Waals surface area contributed by atoms with Gasteiger partial charge in [0, 0.05) is 36.8 Å². The molecular formula is C17H31N3S. The Kier molecular flexibility index (Phi) is 6.97. The van der Waals surface area contributed by atoms with Gasteiger partial charge in [-0.15, -0.1) is 11.3 Å². The van der Waals surface area contributed by atoms with Crippen LogP contribution in [0, 0.1) is 5.92 Å². The Morgan fingerprint density at radius 1 is 1.24 bits per heavy atom. The van der Waals surface area contributed by atoms with Crippen LogP contribution in [0.4, 0.5) is 5.13 Å². The number of nitrogens with one attached hydrogen (secondary N) is 1. The van der Waals surface area contributed by atoms with Crippen LogP contribution in [0.5, 0.6) is 0 Å². The lowest BCUT2D eigenvalue weighted by Gasteiger charge is -2.23. The van der Waals surface area contributed by atoms with Gasteiger partial charge in [0.2, 0.25) is 0 Å². The highest BCUT2D eigenvalue weighted by Gasteiger charge is 2.19. The van der Waals surface area contributed by atoms with E-state index in [2.05, 4.69) is 36.0 Å². The molecule has 0 amide bonds. The van der Waals surface area contributed by atoms with Crippen LogP contribution in [0.3, 0.4) is 0 Å². The van der Waals surface area contributed by atoms with Crippen LogP contribution in [0.15, 0.2) is 6.20 Å². The lowest BCUT2D eigenvalue weighted by atomic mass is 9.93. The van der Waals surface area contributed by atoms with Gasteiger partial charge in [-0.05, 0) is 39.5 Å². The monoisotopic (exact) mass is 309 g/mol. The van der Waals surface area contributed by atoms with Crippen LogP contribution in [0.1, 0.15) is 64.2 Å². The molecule has 1 aliphatic carbocycles. The van der Waals surface area contributed by atoms with E-state index >= 15 is 0 Å². The van der Waals surface area contributed by atoms with Gasteiger partial charge >= 0.3 is 0 Å². The van der Waals surface area contributed by atoms with Crippen LogP contribution in [0.2, 0.25) is 0 Å². The molecule has 21 heavy (non-hydrogen) atoms. The Hall–Kier alpha value is -0.610. The highest BCUT2D eigenvalue weighted by molar-refractivity contribution is 7.15. The first-order chi connectivity index (χ1) is 10.2. The zero-order chi connectivity index (χ0) is 15.1. The summed E-state index contributed by atoms with van der Waals surface area (Å²) in [5.41, 5.74) is 0. The maximum Gasteiger partial charge on any atom is 0.185 e. The Morgan fingerprint density at radius 2 is 1.90 bits per heavy atom. The van der Waals surface area contributed by atoms with E-state index in [0.717, 1.165) is 25.6 Å². The molecule has 1 saturated carbocycles. The van der Waals surface area contributed by atoms with Crippen LogP contribution in [0.25, 0.3) is 0 Å². The molecule has 1 aliphatic rings. The van der Waals surface area contributed by atoms with Crippen molar-refractivity contribution < 1.29 is 0 Å². The van der Waals surface area contributed by atoms with Crippen molar-refractivity contribution in [1.29, 1.82) is 0 Å². The fraction of sp³-hybridized carbons (Fsp3) is 0.824. The molecule has 0 unspecified atom stereocenters. The molecular weight excluding hydrogens is 278 g/mol. The second kappa shape index (κ2) is 8.74. The number of aromatic nitrogens is 1. The molecule has 1 aromatic rings. The fourth-order valence-corrected chi connectivity index (χ4v) is 4.25. The van der Waals surface area contributed by atoms with Gasteiger partial charge in [0.05, 0.1) is 0 Å². The largest absolute Gasteiger partial charge is 0.349 e. The molecule has 1 fully saturated rings. The summed E-state index contributed by atoms with van der Waals surface area (Å²) in [6, 6.07) is 0.627. The van der Waals surface area contributed by atoms with Gasteiger partial charge < -0.3 is 10.2 Å². The van der Waals surface area contributed by atoms with Crippen LogP contribution < -0.4 is 10.2 Å². The Morgan fingerprint density at radius 3 is 2.52 bits per heavy atom. The Balaban J connectivity index is 1.81. The zero-order valence-corrected chi connectivity index (χ0v) is 14.7. The van der Waals surface area contributed by atoms with Crippen LogP contribution >= 0.6 is 11.3 Å². The number of nitrogens with zero attached hydrogens (tertiary/aromatic N) is 2. The second-order valence-corrected chi connectivity index (χ2v) is 7.30. The predicted octanol–water partition coefficient (Wildman–Crippen LogP) is 4.44. The SMILES string of the molecule is CCN(CC)c1ncc(CN[C@@H](C)C2CCCCCC2)s1. The summed E-state index contributed by atoms with van der Waals surface area (Å²) < 4.78 is 0. The van der Waals surface area contributed by atoms with E-state index in [1.807, 2.05) is 17.5 Å². The lowest BCUT2D eigenvalue weighted by Crippen LogP contribution is -2.32. The van der Waals surface area contributed by atoms with Crippen molar-refractivity contribution in [3.63, 3.8) is 0 Å². The molecule has 1 atom stereocenters. The fourth-order valence-electron chi connectivity index (χ4n) is 3.26. The first kappa shape index (κ1) is 16.8. The molecule has 4 heteroatoms. The summed E-state index contributed by atoms with van der Waals surface area (Å²) in [6.45, 7) is 9.79. The smallest absolute Gasteiger partial charge is 0.185 e. The molecule has 0 radical (unpaired) electrons. The lowest BCUT2D eigenvalue weighted by molar-refractivity contribution is 0.337. The van der Waals surface area contributed by atoms with Gasteiger partial charge in [-0.3, -0.25) is 0 Å². The van der Waals surface area contributed by atoms with Gasteiger partial charge in [0.1, 0.15) is 0 Å². The molecule has 120 valence electrons. The normalized spacial score (nSPS) is 18.4. The minimum atomic E-state index is 0.627. The minimum absolute atomic E-state index is 0.627. The van der Waals surface area contributed by atoms with Crippen LogP contribution in [-0.2, 0) is 6.54 Å². The Labute approximate surface area is 134 Å². The number of thiazole rings is 1. The zero-order valence-electron chi connectivity index (χ0n) is 13.9. The first-order valence-electron chi connectivity index (χ1n) is 8.67. The third-order valence-corrected chi connectivity index (χ3v) is 5.84. The van der Waals surface area contributed by atoms with E-state index in [1.165, 1.54) is 48.5 Å². The first-order valence-corrected chi connectivity index (χ1v) is 9.49. The molecule has 1 heterocycles.